The third kappa shape index (κ3) is 7.08. The van der Waals surface area contributed by atoms with Gasteiger partial charge in [0.1, 0.15) is 0 Å². The Morgan fingerprint density at radius 2 is 1.40 bits per heavy atom. The fourth-order valence-electron chi connectivity index (χ4n) is 3.11. The summed E-state index contributed by atoms with van der Waals surface area (Å²) in [7, 11) is 0. The van der Waals surface area contributed by atoms with Crippen molar-refractivity contribution in [2.24, 2.45) is 10.8 Å². The summed E-state index contributed by atoms with van der Waals surface area (Å²) >= 11 is 0. The van der Waals surface area contributed by atoms with Crippen molar-refractivity contribution in [3.63, 3.8) is 0 Å². The first kappa shape index (κ1) is 19.9. The molecule has 0 spiro atoms. The van der Waals surface area contributed by atoms with E-state index >= 15 is 0 Å². The second kappa shape index (κ2) is 10.6. The average molecular weight is 286 g/mol. The normalized spacial score (nSPS) is 17.7. The summed E-state index contributed by atoms with van der Waals surface area (Å²) in [6.07, 6.45) is 11.5. The summed E-state index contributed by atoms with van der Waals surface area (Å²) in [6, 6.07) is 0. The summed E-state index contributed by atoms with van der Waals surface area (Å²) < 4.78 is 0. The molecule has 0 radical (unpaired) electrons. The zero-order valence-corrected chi connectivity index (χ0v) is 14.4. The van der Waals surface area contributed by atoms with Crippen molar-refractivity contribution in [3.05, 3.63) is 0 Å². The molecule has 0 aromatic heterocycles. The van der Waals surface area contributed by atoms with E-state index in [0.29, 0.717) is 0 Å². The van der Waals surface area contributed by atoms with Crippen LogP contribution in [0.2, 0.25) is 0 Å². The molecular weight excluding hydrogens is 248 g/mol. The molecule has 0 aliphatic carbocycles. The highest BCUT2D eigenvalue weighted by Crippen LogP contribution is 2.39. The smallest absolute Gasteiger partial charge is 0.0487 e. The molecule has 20 heavy (non-hydrogen) atoms. The van der Waals surface area contributed by atoms with Crippen molar-refractivity contribution in [2.75, 3.05) is 13.2 Å². The minimum atomic E-state index is 0.0388. The Balaban J connectivity index is 4.37. The largest absolute Gasteiger partial charge is 0.396 e. The molecule has 2 heteroatoms. The van der Waals surface area contributed by atoms with Crippen LogP contribution in [-0.2, 0) is 0 Å². The van der Waals surface area contributed by atoms with Gasteiger partial charge in [0, 0.05) is 13.2 Å². The highest BCUT2D eigenvalue weighted by molar-refractivity contribution is 4.82. The first-order chi connectivity index (χ1) is 9.51. The van der Waals surface area contributed by atoms with E-state index in [0.717, 1.165) is 38.5 Å². The molecule has 2 nitrogen and oxygen atoms in total. The zero-order chi connectivity index (χ0) is 15.5. The van der Waals surface area contributed by atoms with E-state index in [1.807, 2.05) is 0 Å². The van der Waals surface area contributed by atoms with Gasteiger partial charge in [0.25, 0.3) is 0 Å². The first-order valence-electron chi connectivity index (χ1n) is 8.73. The molecule has 0 fully saturated rings. The molecule has 0 heterocycles. The van der Waals surface area contributed by atoms with E-state index in [4.69, 9.17) is 0 Å². The van der Waals surface area contributed by atoms with Crippen LogP contribution in [0.25, 0.3) is 0 Å². The molecule has 0 saturated heterocycles. The third-order valence-corrected chi connectivity index (χ3v) is 5.14. The van der Waals surface area contributed by atoms with Crippen LogP contribution in [-0.4, -0.2) is 23.4 Å². The number of aliphatic hydroxyl groups excluding tert-OH is 2. The summed E-state index contributed by atoms with van der Waals surface area (Å²) in [4.78, 5) is 0. The van der Waals surface area contributed by atoms with Gasteiger partial charge in [0.15, 0.2) is 0 Å². The molecule has 0 amide bonds. The van der Waals surface area contributed by atoms with Crippen LogP contribution in [0.4, 0.5) is 0 Å². The van der Waals surface area contributed by atoms with Crippen LogP contribution in [0.15, 0.2) is 0 Å². The molecule has 2 N–H and O–H groups in total. The molecule has 0 bridgehead atoms. The van der Waals surface area contributed by atoms with Gasteiger partial charge < -0.3 is 10.2 Å². The lowest BCUT2D eigenvalue weighted by atomic mass is 9.71. The fraction of sp³-hybridized carbons (Fsp3) is 1.00. The average Bonchev–Trinajstić information content (AvgIpc) is 2.48. The van der Waals surface area contributed by atoms with Gasteiger partial charge in [-0.25, -0.2) is 0 Å². The predicted octanol–water partition coefficient (Wildman–Crippen LogP) is 4.92. The molecule has 2 unspecified atom stereocenters. The Morgan fingerprint density at radius 3 is 1.85 bits per heavy atom. The molecular formula is C18H38O2. The topological polar surface area (TPSA) is 40.5 Å². The lowest BCUT2D eigenvalue weighted by Gasteiger charge is -2.36. The molecule has 0 aliphatic heterocycles. The van der Waals surface area contributed by atoms with Crippen LogP contribution in [0.1, 0.15) is 91.9 Å². The minimum absolute atomic E-state index is 0.0388. The lowest BCUT2D eigenvalue weighted by Crippen LogP contribution is -2.29. The Bertz CT molecular complexity index is 223. The number of aliphatic hydroxyl groups is 2. The molecule has 0 saturated carbocycles. The van der Waals surface area contributed by atoms with Crippen molar-refractivity contribution in [1.82, 2.24) is 0 Å². The summed E-state index contributed by atoms with van der Waals surface area (Å²) in [5.74, 6) is 0. The number of rotatable bonds is 13. The van der Waals surface area contributed by atoms with Crippen molar-refractivity contribution in [3.8, 4) is 0 Å². The number of unbranched alkanes of at least 4 members (excludes halogenated alkanes) is 3. The number of hydrogen-bond acceptors (Lipinski definition) is 2. The highest BCUT2D eigenvalue weighted by Gasteiger charge is 2.31. The zero-order valence-electron chi connectivity index (χ0n) is 14.4. The van der Waals surface area contributed by atoms with Crippen LogP contribution in [0.5, 0.6) is 0 Å². The van der Waals surface area contributed by atoms with Crippen LogP contribution in [0, 0.1) is 10.8 Å². The Morgan fingerprint density at radius 1 is 0.700 bits per heavy atom. The Hall–Kier alpha value is -0.0800. The standard InChI is InChI=1S/C18H38O2/c1-5-8-9-10-12-17(4,15-19)13-14-18(7-3,16-20)11-6-2/h19-20H,5-16H2,1-4H3. The Kier molecular flexibility index (Phi) is 10.6. The maximum absolute atomic E-state index is 9.76. The molecule has 0 aliphatic rings. The van der Waals surface area contributed by atoms with Crippen LogP contribution < -0.4 is 0 Å². The fourth-order valence-corrected chi connectivity index (χ4v) is 3.11. The van der Waals surface area contributed by atoms with Crippen molar-refractivity contribution >= 4 is 0 Å². The Labute approximate surface area is 127 Å². The second-order valence-electron chi connectivity index (χ2n) is 7.04. The number of hydrogen-bond donors (Lipinski definition) is 2. The van der Waals surface area contributed by atoms with Gasteiger partial charge in [-0.3, -0.25) is 0 Å². The van der Waals surface area contributed by atoms with Crippen LogP contribution >= 0.6 is 0 Å². The van der Waals surface area contributed by atoms with Gasteiger partial charge in [-0.2, -0.15) is 0 Å². The maximum atomic E-state index is 9.76. The van der Waals surface area contributed by atoms with E-state index < -0.39 is 0 Å². The maximum Gasteiger partial charge on any atom is 0.0487 e. The van der Waals surface area contributed by atoms with Crippen molar-refractivity contribution in [1.29, 1.82) is 0 Å². The predicted molar refractivity (Wildman–Crippen MR) is 87.9 cm³/mol. The molecule has 0 rings (SSSR count). The lowest BCUT2D eigenvalue weighted by molar-refractivity contribution is 0.0573. The van der Waals surface area contributed by atoms with Crippen molar-refractivity contribution in [2.45, 2.75) is 91.9 Å². The molecule has 0 aromatic rings. The molecule has 2 atom stereocenters. The van der Waals surface area contributed by atoms with Crippen molar-refractivity contribution < 1.29 is 10.2 Å². The van der Waals surface area contributed by atoms with E-state index in [1.165, 1.54) is 25.7 Å². The van der Waals surface area contributed by atoms with Gasteiger partial charge in [-0.1, -0.05) is 59.8 Å². The van der Waals surface area contributed by atoms with Crippen LogP contribution in [0.3, 0.4) is 0 Å². The SMILES string of the molecule is CCCCCCC(C)(CO)CCC(CC)(CO)CCC. The third-order valence-electron chi connectivity index (χ3n) is 5.14. The van der Waals surface area contributed by atoms with Gasteiger partial charge in [0.2, 0.25) is 0 Å². The second-order valence-corrected chi connectivity index (χ2v) is 7.04. The van der Waals surface area contributed by atoms with Gasteiger partial charge in [-0.15, -0.1) is 0 Å². The van der Waals surface area contributed by atoms with E-state index in [-0.39, 0.29) is 24.0 Å². The quantitative estimate of drug-likeness (QED) is 0.472. The molecule has 122 valence electrons. The minimum Gasteiger partial charge on any atom is -0.396 e. The first-order valence-corrected chi connectivity index (χ1v) is 8.73. The van der Waals surface area contributed by atoms with Gasteiger partial charge in [-0.05, 0) is 42.9 Å². The van der Waals surface area contributed by atoms with Gasteiger partial charge >= 0.3 is 0 Å². The van der Waals surface area contributed by atoms with E-state index in [2.05, 4.69) is 27.7 Å². The van der Waals surface area contributed by atoms with E-state index in [1.54, 1.807) is 0 Å². The van der Waals surface area contributed by atoms with E-state index in [9.17, 15) is 10.2 Å². The summed E-state index contributed by atoms with van der Waals surface area (Å²) in [6.45, 7) is 9.38. The van der Waals surface area contributed by atoms with Gasteiger partial charge in [0.05, 0.1) is 0 Å². The monoisotopic (exact) mass is 286 g/mol. The summed E-state index contributed by atoms with van der Waals surface area (Å²) in [5, 5.41) is 19.5. The summed E-state index contributed by atoms with van der Waals surface area (Å²) in [5.41, 5.74) is 0.117. The highest BCUT2D eigenvalue weighted by atomic mass is 16.3. The molecule has 0 aromatic carbocycles.